The van der Waals surface area contributed by atoms with Gasteiger partial charge in [0.2, 0.25) is 0 Å². The van der Waals surface area contributed by atoms with Crippen molar-refractivity contribution in [1.82, 2.24) is 10.2 Å². The molecule has 0 unspecified atom stereocenters. The molecule has 1 N–H and O–H groups in total. The predicted molar refractivity (Wildman–Crippen MR) is 70.6 cm³/mol. The summed E-state index contributed by atoms with van der Waals surface area (Å²) in [4.78, 5) is 2.50. The van der Waals surface area contributed by atoms with Gasteiger partial charge in [-0.15, -0.1) is 0 Å². The summed E-state index contributed by atoms with van der Waals surface area (Å²) in [6.45, 7) is 8.64. The molecule has 1 aromatic carbocycles. The molecule has 0 bridgehead atoms. The lowest BCUT2D eigenvalue weighted by Crippen LogP contribution is -2.43. The second-order valence-electron chi connectivity index (χ2n) is 4.61. The molecule has 1 saturated heterocycles. The minimum atomic E-state index is 0.812. The van der Waals surface area contributed by atoms with E-state index in [1.165, 1.54) is 18.7 Å². The van der Waals surface area contributed by atoms with Crippen molar-refractivity contribution < 1.29 is 4.74 Å². The average Bonchev–Trinajstić information content (AvgIpc) is 2.38. The summed E-state index contributed by atoms with van der Waals surface area (Å²) in [6, 6.07) is 8.26. The van der Waals surface area contributed by atoms with Crippen LogP contribution in [-0.2, 0) is 0 Å². The van der Waals surface area contributed by atoms with Gasteiger partial charge in [-0.05, 0) is 25.5 Å². The number of piperazine rings is 1. The summed E-state index contributed by atoms with van der Waals surface area (Å²) in [7, 11) is 0. The SMILES string of the molecule is Cc1ccc(OCCCN2CCNCC2)cc1. The Morgan fingerprint density at radius 2 is 1.88 bits per heavy atom. The first kappa shape index (κ1) is 12.4. The van der Waals surface area contributed by atoms with E-state index in [-0.39, 0.29) is 0 Å². The van der Waals surface area contributed by atoms with E-state index < -0.39 is 0 Å². The molecule has 94 valence electrons. The van der Waals surface area contributed by atoms with Crippen molar-refractivity contribution in [3.05, 3.63) is 29.8 Å². The highest BCUT2D eigenvalue weighted by atomic mass is 16.5. The molecule has 1 aliphatic rings. The molecular weight excluding hydrogens is 212 g/mol. The summed E-state index contributed by atoms with van der Waals surface area (Å²) < 4.78 is 5.71. The Morgan fingerprint density at radius 3 is 2.59 bits per heavy atom. The van der Waals surface area contributed by atoms with Gasteiger partial charge in [-0.25, -0.2) is 0 Å². The van der Waals surface area contributed by atoms with Crippen LogP contribution in [0, 0.1) is 6.92 Å². The highest BCUT2D eigenvalue weighted by Crippen LogP contribution is 2.11. The molecule has 3 nitrogen and oxygen atoms in total. The summed E-state index contributed by atoms with van der Waals surface area (Å²) in [5.74, 6) is 0.982. The van der Waals surface area contributed by atoms with E-state index in [0.717, 1.165) is 38.4 Å². The maximum atomic E-state index is 5.71. The molecule has 0 amide bonds. The van der Waals surface area contributed by atoms with Crippen LogP contribution in [0.2, 0.25) is 0 Å². The summed E-state index contributed by atoms with van der Waals surface area (Å²) in [5.41, 5.74) is 1.28. The van der Waals surface area contributed by atoms with Crippen molar-refractivity contribution in [2.24, 2.45) is 0 Å². The molecule has 0 radical (unpaired) electrons. The van der Waals surface area contributed by atoms with Gasteiger partial charge in [0.1, 0.15) is 5.75 Å². The normalized spacial score (nSPS) is 17.0. The van der Waals surface area contributed by atoms with Gasteiger partial charge in [-0.2, -0.15) is 0 Å². The molecule has 0 spiro atoms. The largest absolute Gasteiger partial charge is 0.494 e. The van der Waals surface area contributed by atoms with Crippen molar-refractivity contribution in [1.29, 1.82) is 0 Å². The standard InChI is InChI=1S/C14H22N2O/c1-13-3-5-14(6-4-13)17-12-2-9-16-10-7-15-8-11-16/h3-6,15H,2,7-12H2,1H3. The van der Waals surface area contributed by atoms with Crippen LogP contribution >= 0.6 is 0 Å². The van der Waals surface area contributed by atoms with Crippen LogP contribution in [0.25, 0.3) is 0 Å². The van der Waals surface area contributed by atoms with Crippen LogP contribution in [0.5, 0.6) is 5.75 Å². The molecule has 0 atom stereocenters. The third-order valence-electron chi connectivity index (χ3n) is 3.12. The highest BCUT2D eigenvalue weighted by Gasteiger charge is 2.08. The van der Waals surface area contributed by atoms with E-state index in [4.69, 9.17) is 4.74 Å². The van der Waals surface area contributed by atoms with E-state index in [2.05, 4.69) is 29.3 Å². The summed E-state index contributed by atoms with van der Waals surface area (Å²) in [6.07, 6.45) is 1.11. The van der Waals surface area contributed by atoms with Crippen LogP contribution in [0.1, 0.15) is 12.0 Å². The van der Waals surface area contributed by atoms with Gasteiger partial charge in [0, 0.05) is 32.7 Å². The number of nitrogens with zero attached hydrogens (tertiary/aromatic N) is 1. The molecule has 1 heterocycles. The Hall–Kier alpha value is -1.06. The fourth-order valence-electron chi connectivity index (χ4n) is 2.05. The number of benzene rings is 1. The highest BCUT2D eigenvalue weighted by molar-refractivity contribution is 5.26. The summed E-state index contributed by atoms with van der Waals surface area (Å²) in [5, 5.41) is 3.36. The zero-order valence-corrected chi connectivity index (χ0v) is 10.6. The monoisotopic (exact) mass is 234 g/mol. The first-order valence-electron chi connectivity index (χ1n) is 6.47. The van der Waals surface area contributed by atoms with E-state index >= 15 is 0 Å². The molecule has 0 saturated carbocycles. The molecule has 1 fully saturated rings. The molecule has 2 rings (SSSR count). The maximum absolute atomic E-state index is 5.71. The topological polar surface area (TPSA) is 24.5 Å². The lowest BCUT2D eigenvalue weighted by Gasteiger charge is -2.26. The second kappa shape index (κ2) is 6.62. The maximum Gasteiger partial charge on any atom is 0.119 e. The fraction of sp³-hybridized carbons (Fsp3) is 0.571. The minimum absolute atomic E-state index is 0.812. The third-order valence-corrected chi connectivity index (χ3v) is 3.12. The van der Waals surface area contributed by atoms with E-state index in [1.54, 1.807) is 0 Å². The van der Waals surface area contributed by atoms with Gasteiger partial charge in [0.25, 0.3) is 0 Å². The number of nitrogens with one attached hydrogen (secondary N) is 1. The number of hydrogen-bond acceptors (Lipinski definition) is 3. The summed E-state index contributed by atoms with van der Waals surface area (Å²) >= 11 is 0. The van der Waals surface area contributed by atoms with Crippen molar-refractivity contribution in [3.8, 4) is 5.75 Å². The molecule has 0 aliphatic carbocycles. The number of ether oxygens (including phenoxy) is 1. The quantitative estimate of drug-likeness (QED) is 0.784. The Morgan fingerprint density at radius 1 is 1.18 bits per heavy atom. The zero-order chi connectivity index (χ0) is 11.9. The molecule has 1 aromatic rings. The lowest BCUT2D eigenvalue weighted by atomic mass is 10.2. The van der Waals surface area contributed by atoms with Crippen molar-refractivity contribution in [2.75, 3.05) is 39.3 Å². The number of hydrogen-bond donors (Lipinski definition) is 1. The van der Waals surface area contributed by atoms with E-state index in [1.807, 2.05) is 12.1 Å². The second-order valence-corrected chi connectivity index (χ2v) is 4.61. The lowest BCUT2D eigenvalue weighted by molar-refractivity contribution is 0.214. The predicted octanol–water partition coefficient (Wildman–Crippen LogP) is 1.67. The van der Waals surface area contributed by atoms with Crippen LogP contribution in [-0.4, -0.2) is 44.2 Å². The van der Waals surface area contributed by atoms with Gasteiger partial charge in [-0.1, -0.05) is 17.7 Å². The van der Waals surface area contributed by atoms with Crippen molar-refractivity contribution in [2.45, 2.75) is 13.3 Å². The van der Waals surface area contributed by atoms with E-state index in [0.29, 0.717) is 0 Å². The molecule has 1 aliphatic heterocycles. The van der Waals surface area contributed by atoms with Gasteiger partial charge in [-0.3, -0.25) is 0 Å². The number of aryl methyl sites for hydroxylation is 1. The Bertz CT molecular complexity index is 317. The van der Waals surface area contributed by atoms with Gasteiger partial charge in [0.05, 0.1) is 6.61 Å². The first-order chi connectivity index (χ1) is 8.34. The third kappa shape index (κ3) is 4.36. The van der Waals surface area contributed by atoms with Crippen LogP contribution in [0.15, 0.2) is 24.3 Å². The molecule has 0 aromatic heterocycles. The zero-order valence-electron chi connectivity index (χ0n) is 10.6. The molecule has 3 heteroatoms. The smallest absolute Gasteiger partial charge is 0.119 e. The Balaban J connectivity index is 1.60. The Kier molecular flexibility index (Phi) is 4.83. The van der Waals surface area contributed by atoms with Crippen molar-refractivity contribution in [3.63, 3.8) is 0 Å². The van der Waals surface area contributed by atoms with Crippen LogP contribution in [0.3, 0.4) is 0 Å². The first-order valence-corrected chi connectivity index (χ1v) is 6.47. The molecular formula is C14H22N2O. The van der Waals surface area contributed by atoms with Gasteiger partial charge >= 0.3 is 0 Å². The van der Waals surface area contributed by atoms with Gasteiger partial charge in [0.15, 0.2) is 0 Å². The van der Waals surface area contributed by atoms with Crippen LogP contribution < -0.4 is 10.1 Å². The van der Waals surface area contributed by atoms with Gasteiger partial charge < -0.3 is 15.0 Å². The fourth-order valence-corrected chi connectivity index (χ4v) is 2.05. The average molecular weight is 234 g/mol. The Labute approximate surface area is 104 Å². The number of rotatable bonds is 5. The van der Waals surface area contributed by atoms with Crippen LogP contribution in [0.4, 0.5) is 0 Å². The molecule has 17 heavy (non-hydrogen) atoms. The minimum Gasteiger partial charge on any atom is -0.494 e. The van der Waals surface area contributed by atoms with E-state index in [9.17, 15) is 0 Å². The van der Waals surface area contributed by atoms with Crippen molar-refractivity contribution >= 4 is 0 Å².